The van der Waals surface area contributed by atoms with E-state index in [2.05, 4.69) is 9.72 Å². The zero-order valence-corrected chi connectivity index (χ0v) is 8.94. The lowest BCUT2D eigenvalue weighted by atomic mass is 10.2. The smallest absolute Gasteiger partial charge is 0.337 e. The zero-order chi connectivity index (χ0) is 12.4. The van der Waals surface area contributed by atoms with E-state index in [0.29, 0.717) is 0 Å². The second kappa shape index (κ2) is 4.25. The third-order valence-corrected chi connectivity index (χ3v) is 2.28. The van der Waals surface area contributed by atoms with Crippen molar-refractivity contribution in [1.29, 1.82) is 0 Å². The summed E-state index contributed by atoms with van der Waals surface area (Å²) in [6.07, 6.45) is 2.80. The van der Waals surface area contributed by atoms with Crippen molar-refractivity contribution in [2.24, 2.45) is 0 Å². The molecule has 1 aromatic carbocycles. The number of methoxy groups -OCH3 is 1. The molecule has 0 bridgehead atoms. The summed E-state index contributed by atoms with van der Waals surface area (Å²) in [6.45, 7) is 0. The van der Waals surface area contributed by atoms with Crippen LogP contribution in [0.15, 0.2) is 35.4 Å². The van der Waals surface area contributed by atoms with E-state index < -0.39 is 17.5 Å². The third kappa shape index (κ3) is 1.96. The normalized spacial score (nSPS) is 10.2. The molecule has 0 saturated carbocycles. The number of carbonyl (C=O) groups excluding carboxylic acids is 1. The molecule has 0 spiro atoms. The van der Waals surface area contributed by atoms with Crippen LogP contribution in [0.25, 0.3) is 5.69 Å². The average Bonchev–Trinajstić information content (AvgIpc) is 2.74. The third-order valence-electron chi connectivity index (χ3n) is 2.28. The maximum atomic E-state index is 13.7. The Morgan fingerprint density at radius 3 is 2.76 bits per heavy atom. The second-order valence-electron chi connectivity index (χ2n) is 3.29. The van der Waals surface area contributed by atoms with E-state index in [1.54, 1.807) is 0 Å². The second-order valence-corrected chi connectivity index (χ2v) is 3.29. The largest absolute Gasteiger partial charge is 0.465 e. The first-order valence-corrected chi connectivity index (χ1v) is 4.78. The molecule has 17 heavy (non-hydrogen) atoms. The fraction of sp³-hybridized carbons (Fsp3) is 0.0909. The number of benzene rings is 1. The topological polar surface area (TPSA) is 64.1 Å². The van der Waals surface area contributed by atoms with Gasteiger partial charge >= 0.3 is 11.7 Å². The minimum atomic E-state index is -0.672. The average molecular weight is 236 g/mol. The van der Waals surface area contributed by atoms with Crippen molar-refractivity contribution < 1.29 is 13.9 Å². The Bertz CT molecular complexity index is 615. The van der Waals surface area contributed by atoms with Gasteiger partial charge in [-0.25, -0.2) is 14.0 Å². The molecule has 2 aromatic rings. The lowest BCUT2D eigenvalue weighted by Crippen LogP contribution is -2.15. The van der Waals surface area contributed by atoms with Gasteiger partial charge in [0.15, 0.2) is 0 Å². The number of nitrogens with one attached hydrogen (secondary N) is 1. The standard InChI is InChI=1S/C11H9FN2O3/c1-17-10(15)7-2-3-9(8(12)6-7)14-5-4-13-11(14)16/h2-6H,1H3,(H,13,16). The van der Waals surface area contributed by atoms with Crippen molar-refractivity contribution in [2.45, 2.75) is 0 Å². The molecule has 5 nitrogen and oxygen atoms in total. The lowest BCUT2D eigenvalue weighted by Gasteiger charge is -2.04. The number of aromatic nitrogens is 2. The molecular formula is C11H9FN2O3. The molecule has 0 saturated heterocycles. The predicted octanol–water partition coefficient (Wildman–Crippen LogP) is 1.09. The Hall–Kier alpha value is -2.37. The maximum Gasteiger partial charge on any atom is 0.337 e. The number of aromatic amines is 1. The van der Waals surface area contributed by atoms with Crippen molar-refractivity contribution in [1.82, 2.24) is 9.55 Å². The maximum absolute atomic E-state index is 13.7. The van der Waals surface area contributed by atoms with Crippen LogP contribution in [0.4, 0.5) is 4.39 Å². The van der Waals surface area contributed by atoms with E-state index in [-0.39, 0.29) is 11.3 Å². The number of ether oxygens (including phenoxy) is 1. The molecule has 1 aromatic heterocycles. The summed E-state index contributed by atoms with van der Waals surface area (Å²) in [7, 11) is 1.21. The molecule has 0 atom stereocenters. The number of nitrogens with zero attached hydrogens (tertiary/aromatic N) is 1. The number of rotatable bonds is 2. The molecule has 2 rings (SSSR count). The summed E-state index contributed by atoms with van der Waals surface area (Å²) in [6, 6.07) is 3.76. The van der Waals surface area contributed by atoms with E-state index in [1.165, 1.54) is 31.6 Å². The molecule has 1 heterocycles. The Morgan fingerprint density at radius 1 is 1.47 bits per heavy atom. The number of halogens is 1. The van der Waals surface area contributed by atoms with Crippen LogP contribution in [-0.2, 0) is 4.74 Å². The predicted molar refractivity (Wildman–Crippen MR) is 57.7 cm³/mol. The highest BCUT2D eigenvalue weighted by atomic mass is 19.1. The van der Waals surface area contributed by atoms with Gasteiger partial charge < -0.3 is 9.72 Å². The van der Waals surface area contributed by atoms with Gasteiger partial charge in [0.25, 0.3) is 0 Å². The first-order valence-electron chi connectivity index (χ1n) is 4.78. The number of imidazole rings is 1. The highest BCUT2D eigenvalue weighted by Crippen LogP contribution is 2.14. The Balaban J connectivity index is 2.49. The number of H-pyrrole nitrogens is 1. The van der Waals surface area contributed by atoms with Crippen molar-refractivity contribution >= 4 is 5.97 Å². The van der Waals surface area contributed by atoms with Gasteiger partial charge in [0, 0.05) is 12.4 Å². The van der Waals surface area contributed by atoms with Gasteiger partial charge in [0.2, 0.25) is 0 Å². The molecule has 6 heteroatoms. The van der Waals surface area contributed by atoms with Gasteiger partial charge in [-0.3, -0.25) is 4.57 Å². The molecule has 88 valence electrons. The van der Waals surface area contributed by atoms with E-state index >= 15 is 0 Å². The molecule has 0 aliphatic rings. The molecule has 0 aliphatic carbocycles. The number of hydrogen-bond donors (Lipinski definition) is 1. The molecule has 1 N–H and O–H groups in total. The number of carbonyl (C=O) groups is 1. The van der Waals surface area contributed by atoms with Crippen LogP contribution >= 0.6 is 0 Å². The summed E-state index contributed by atoms with van der Waals surface area (Å²) < 4.78 is 19.3. The molecule has 0 radical (unpaired) electrons. The van der Waals surface area contributed by atoms with Gasteiger partial charge in [-0.2, -0.15) is 0 Å². The van der Waals surface area contributed by atoms with Crippen LogP contribution < -0.4 is 5.69 Å². The van der Waals surface area contributed by atoms with E-state index in [0.717, 1.165) is 10.6 Å². The van der Waals surface area contributed by atoms with Crippen LogP contribution in [0, 0.1) is 5.82 Å². The molecule has 0 aliphatic heterocycles. The van der Waals surface area contributed by atoms with Crippen molar-refractivity contribution in [3.63, 3.8) is 0 Å². The zero-order valence-electron chi connectivity index (χ0n) is 8.94. The molecule has 0 unspecified atom stereocenters. The molecule has 0 amide bonds. The van der Waals surface area contributed by atoms with Gasteiger partial charge in [0.05, 0.1) is 18.4 Å². The summed E-state index contributed by atoms with van der Waals surface area (Å²) in [5.74, 6) is -1.30. The minimum absolute atomic E-state index is 0.0731. The SMILES string of the molecule is COC(=O)c1ccc(-n2cc[nH]c2=O)c(F)c1. The highest BCUT2D eigenvalue weighted by molar-refractivity contribution is 5.89. The summed E-state index contributed by atoms with van der Waals surface area (Å²) in [5.41, 5.74) is -0.282. The minimum Gasteiger partial charge on any atom is -0.465 e. The highest BCUT2D eigenvalue weighted by Gasteiger charge is 2.11. The van der Waals surface area contributed by atoms with Gasteiger partial charge in [0.1, 0.15) is 5.82 Å². The van der Waals surface area contributed by atoms with E-state index in [1.807, 2.05) is 0 Å². The van der Waals surface area contributed by atoms with Crippen LogP contribution in [-0.4, -0.2) is 22.6 Å². The van der Waals surface area contributed by atoms with Gasteiger partial charge in [-0.05, 0) is 18.2 Å². The van der Waals surface area contributed by atoms with Crippen LogP contribution in [0.1, 0.15) is 10.4 Å². The first-order chi connectivity index (χ1) is 8.13. The van der Waals surface area contributed by atoms with Crippen LogP contribution in [0.2, 0.25) is 0 Å². The Kier molecular flexibility index (Phi) is 2.78. The summed E-state index contributed by atoms with van der Waals surface area (Å²) in [5, 5.41) is 0. The van der Waals surface area contributed by atoms with Crippen LogP contribution in [0.3, 0.4) is 0 Å². The quantitative estimate of drug-likeness (QED) is 0.794. The van der Waals surface area contributed by atoms with Crippen molar-refractivity contribution in [3.05, 3.63) is 52.5 Å². The molecular weight excluding hydrogens is 227 g/mol. The van der Waals surface area contributed by atoms with Gasteiger partial charge in [-0.1, -0.05) is 0 Å². The molecule has 0 fully saturated rings. The van der Waals surface area contributed by atoms with Crippen molar-refractivity contribution in [3.8, 4) is 5.69 Å². The fourth-order valence-electron chi connectivity index (χ4n) is 1.46. The van der Waals surface area contributed by atoms with Gasteiger partial charge in [-0.15, -0.1) is 0 Å². The summed E-state index contributed by atoms with van der Waals surface area (Å²) in [4.78, 5) is 24.9. The number of hydrogen-bond acceptors (Lipinski definition) is 3. The van der Waals surface area contributed by atoms with Crippen LogP contribution in [0.5, 0.6) is 0 Å². The number of esters is 1. The fourth-order valence-corrected chi connectivity index (χ4v) is 1.46. The first kappa shape index (κ1) is 11.1. The Labute approximate surface area is 95.5 Å². The summed E-state index contributed by atoms with van der Waals surface area (Å²) >= 11 is 0. The monoisotopic (exact) mass is 236 g/mol. The van der Waals surface area contributed by atoms with Crippen molar-refractivity contribution in [2.75, 3.05) is 7.11 Å². The van der Waals surface area contributed by atoms with E-state index in [4.69, 9.17) is 0 Å². The Morgan fingerprint density at radius 2 is 2.24 bits per heavy atom. The van der Waals surface area contributed by atoms with E-state index in [9.17, 15) is 14.0 Å². The lowest BCUT2D eigenvalue weighted by molar-refractivity contribution is 0.0600.